The van der Waals surface area contributed by atoms with Crippen molar-refractivity contribution in [1.82, 2.24) is 15.4 Å². The first-order chi connectivity index (χ1) is 13.5. The number of hydrogen-bond acceptors (Lipinski definition) is 7. The van der Waals surface area contributed by atoms with E-state index >= 15 is 0 Å². The van der Waals surface area contributed by atoms with Crippen LogP contribution in [-0.2, 0) is 20.9 Å². The minimum absolute atomic E-state index is 0.0360. The Morgan fingerprint density at radius 1 is 1.39 bits per heavy atom. The first-order valence-electron chi connectivity index (χ1n) is 9.29. The Bertz CT molecular complexity index is 889. The van der Waals surface area contributed by atoms with Crippen LogP contribution >= 0.6 is 0 Å². The van der Waals surface area contributed by atoms with Gasteiger partial charge in [0.2, 0.25) is 5.76 Å². The lowest BCUT2D eigenvalue weighted by Gasteiger charge is -2.36. The maximum absolute atomic E-state index is 12.8. The number of urea groups is 1. The van der Waals surface area contributed by atoms with Gasteiger partial charge in [0.05, 0.1) is 6.26 Å². The number of furan rings is 1. The van der Waals surface area contributed by atoms with Gasteiger partial charge in [-0.2, -0.15) is 0 Å². The van der Waals surface area contributed by atoms with Gasteiger partial charge in [-0.25, -0.2) is 4.79 Å². The zero-order valence-electron chi connectivity index (χ0n) is 15.5. The smallest absolute Gasteiger partial charge is 0.326 e. The Morgan fingerprint density at radius 2 is 2.25 bits per heavy atom. The molecule has 0 radical (unpaired) electrons. The lowest BCUT2D eigenvalue weighted by molar-refractivity contribution is -0.149. The Morgan fingerprint density at radius 3 is 3.00 bits per heavy atom. The van der Waals surface area contributed by atoms with Gasteiger partial charge in [-0.05, 0) is 30.9 Å². The average molecular weight is 387 g/mol. The highest BCUT2D eigenvalue weighted by Crippen LogP contribution is 2.38. The molecule has 148 valence electrons. The normalized spacial score (nSPS) is 24.6. The third kappa shape index (κ3) is 3.17. The molecule has 2 aromatic heterocycles. The Labute approximate surface area is 161 Å². The minimum atomic E-state index is -0.889. The highest BCUT2D eigenvalue weighted by molar-refractivity contribution is 6.08. The Kier molecular flexibility index (Phi) is 4.66. The summed E-state index contributed by atoms with van der Waals surface area (Å²) in [5, 5.41) is 6.62. The zero-order chi connectivity index (χ0) is 19.7. The SMILES string of the molecule is C[C@H]1CCCC[C@@]12NC(=O)N(CC(=O)OCc1cc(-c3ccco3)on1)C2=O. The number of hydrogen-bond donors (Lipinski definition) is 1. The van der Waals surface area contributed by atoms with Gasteiger partial charge in [0, 0.05) is 6.07 Å². The highest BCUT2D eigenvalue weighted by Gasteiger charge is 2.55. The monoisotopic (exact) mass is 387 g/mol. The predicted molar refractivity (Wildman–Crippen MR) is 94.6 cm³/mol. The van der Waals surface area contributed by atoms with Crippen LogP contribution in [0.1, 0.15) is 38.3 Å². The largest absolute Gasteiger partial charge is 0.461 e. The number of amides is 3. The number of aromatic nitrogens is 1. The maximum atomic E-state index is 12.8. The third-order valence-electron chi connectivity index (χ3n) is 5.49. The number of imide groups is 1. The fraction of sp³-hybridized carbons (Fsp3) is 0.474. The van der Waals surface area contributed by atoms with Gasteiger partial charge in [0.1, 0.15) is 24.4 Å². The highest BCUT2D eigenvalue weighted by atomic mass is 16.5. The molecule has 1 spiro atoms. The molecule has 2 fully saturated rings. The van der Waals surface area contributed by atoms with Gasteiger partial charge < -0.3 is 19.0 Å². The molecule has 2 aliphatic rings. The molecule has 3 amide bonds. The summed E-state index contributed by atoms with van der Waals surface area (Å²) in [7, 11) is 0. The fourth-order valence-electron chi connectivity index (χ4n) is 3.88. The number of rotatable bonds is 5. The van der Waals surface area contributed by atoms with Crippen molar-refractivity contribution in [1.29, 1.82) is 0 Å². The molecule has 0 unspecified atom stereocenters. The van der Waals surface area contributed by atoms with E-state index in [1.165, 1.54) is 6.26 Å². The summed E-state index contributed by atoms with van der Waals surface area (Å²) in [6.45, 7) is 1.40. The summed E-state index contributed by atoms with van der Waals surface area (Å²) >= 11 is 0. The quantitative estimate of drug-likeness (QED) is 0.619. The van der Waals surface area contributed by atoms with Crippen LogP contribution in [0.5, 0.6) is 0 Å². The first-order valence-corrected chi connectivity index (χ1v) is 9.29. The van der Waals surface area contributed by atoms with Crippen molar-refractivity contribution in [3.63, 3.8) is 0 Å². The summed E-state index contributed by atoms with van der Waals surface area (Å²) in [6.07, 6.45) is 4.88. The first kappa shape index (κ1) is 18.3. The molecule has 0 aromatic carbocycles. The number of carbonyl (C=O) groups excluding carboxylic acids is 3. The van der Waals surface area contributed by atoms with Crippen molar-refractivity contribution in [2.45, 2.75) is 44.8 Å². The van der Waals surface area contributed by atoms with Crippen LogP contribution in [0.4, 0.5) is 4.79 Å². The van der Waals surface area contributed by atoms with E-state index in [9.17, 15) is 14.4 Å². The van der Waals surface area contributed by atoms with Crippen molar-refractivity contribution >= 4 is 17.9 Å². The predicted octanol–water partition coefficient (Wildman–Crippen LogP) is 2.48. The molecule has 2 atom stereocenters. The van der Waals surface area contributed by atoms with E-state index in [1.54, 1.807) is 18.2 Å². The lowest BCUT2D eigenvalue weighted by Crippen LogP contribution is -2.54. The van der Waals surface area contributed by atoms with E-state index < -0.39 is 24.1 Å². The Hall–Kier alpha value is -3.10. The molecule has 28 heavy (non-hydrogen) atoms. The van der Waals surface area contributed by atoms with E-state index in [0.717, 1.165) is 24.2 Å². The molecule has 1 N–H and O–H groups in total. The molecule has 1 saturated carbocycles. The molecule has 2 aromatic rings. The van der Waals surface area contributed by atoms with Gasteiger partial charge in [0.25, 0.3) is 5.91 Å². The van der Waals surface area contributed by atoms with Crippen LogP contribution < -0.4 is 5.32 Å². The van der Waals surface area contributed by atoms with Crippen molar-refractivity contribution in [2.75, 3.05) is 6.54 Å². The summed E-state index contributed by atoms with van der Waals surface area (Å²) in [5.74, 6) is -0.0710. The van der Waals surface area contributed by atoms with E-state index in [2.05, 4.69) is 10.5 Å². The topological polar surface area (TPSA) is 115 Å². The van der Waals surface area contributed by atoms with E-state index in [0.29, 0.717) is 23.6 Å². The van der Waals surface area contributed by atoms with E-state index in [1.807, 2.05) is 6.92 Å². The fourth-order valence-corrected chi connectivity index (χ4v) is 3.88. The third-order valence-corrected chi connectivity index (χ3v) is 5.49. The van der Waals surface area contributed by atoms with Crippen molar-refractivity contribution < 1.29 is 28.1 Å². The summed E-state index contributed by atoms with van der Waals surface area (Å²) < 4.78 is 15.5. The van der Waals surface area contributed by atoms with Crippen LogP contribution in [-0.4, -0.2) is 40.0 Å². The van der Waals surface area contributed by atoms with Gasteiger partial charge >= 0.3 is 12.0 Å². The number of ether oxygens (including phenoxy) is 1. The zero-order valence-corrected chi connectivity index (χ0v) is 15.5. The van der Waals surface area contributed by atoms with Crippen LogP contribution in [0.2, 0.25) is 0 Å². The van der Waals surface area contributed by atoms with Gasteiger partial charge in [-0.3, -0.25) is 14.5 Å². The van der Waals surface area contributed by atoms with Crippen molar-refractivity contribution in [3.8, 4) is 11.5 Å². The number of nitrogens with one attached hydrogen (secondary N) is 1. The van der Waals surface area contributed by atoms with Crippen LogP contribution in [0.15, 0.2) is 33.4 Å². The Balaban J connectivity index is 1.35. The molecule has 3 heterocycles. The van der Waals surface area contributed by atoms with Crippen LogP contribution in [0.3, 0.4) is 0 Å². The molecule has 0 bridgehead atoms. The number of nitrogens with zero attached hydrogens (tertiary/aromatic N) is 2. The molecule has 1 saturated heterocycles. The molecule has 4 rings (SSSR count). The molecular weight excluding hydrogens is 366 g/mol. The van der Waals surface area contributed by atoms with E-state index in [4.69, 9.17) is 13.7 Å². The lowest BCUT2D eigenvalue weighted by atomic mass is 9.73. The molecule has 1 aliphatic heterocycles. The molecule has 9 nitrogen and oxygen atoms in total. The van der Waals surface area contributed by atoms with E-state index in [-0.39, 0.29) is 18.4 Å². The van der Waals surface area contributed by atoms with Gasteiger partial charge in [-0.1, -0.05) is 24.9 Å². The van der Waals surface area contributed by atoms with Crippen LogP contribution in [0, 0.1) is 5.92 Å². The van der Waals surface area contributed by atoms with Gasteiger partial charge in [0.15, 0.2) is 5.76 Å². The summed E-state index contributed by atoms with van der Waals surface area (Å²) in [6, 6.07) is 4.49. The summed E-state index contributed by atoms with van der Waals surface area (Å²) in [5.41, 5.74) is -0.492. The summed E-state index contributed by atoms with van der Waals surface area (Å²) in [4.78, 5) is 38.3. The van der Waals surface area contributed by atoms with Crippen molar-refractivity contribution in [2.24, 2.45) is 5.92 Å². The minimum Gasteiger partial charge on any atom is -0.461 e. The number of esters is 1. The maximum Gasteiger partial charge on any atom is 0.326 e. The second-order valence-electron chi connectivity index (χ2n) is 7.26. The average Bonchev–Trinajstić information content (AvgIpc) is 3.40. The molecule has 1 aliphatic carbocycles. The standard InChI is InChI=1S/C19H21N3O6/c1-12-5-2-3-7-19(12)17(24)22(18(25)20-19)10-16(23)27-11-13-9-15(28-21-13)14-6-4-8-26-14/h4,6,8-9,12H,2-3,5,7,10-11H2,1H3,(H,20,25)/t12-,19+/m0/s1. The second kappa shape index (κ2) is 7.14. The number of carbonyl (C=O) groups is 3. The van der Waals surface area contributed by atoms with Crippen molar-refractivity contribution in [3.05, 3.63) is 30.2 Å². The van der Waals surface area contributed by atoms with Crippen LogP contribution in [0.25, 0.3) is 11.5 Å². The van der Waals surface area contributed by atoms with Gasteiger partial charge in [-0.15, -0.1) is 0 Å². The molecule has 9 heteroatoms. The molecular formula is C19H21N3O6. The second-order valence-corrected chi connectivity index (χ2v) is 7.26.